The molecule has 1 aliphatic carbocycles. The number of ether oxygens (including phenoxy) is 1. The second kappa shape index (κ2) is 7.09. The van der Waals surface area contributed by atoms with Gasteiger partial charge in [-0.15, -0.1) is 0 Å². The zero-order chi connectivity index (χ0) is 17.2. The Balaban J connectivity index is 1.59. The third-order valence-corrected chi connectivity index (χ3v) is 5.52. The lowest BCUT2D eigenvalue weighted by Crippen LogP contribution is -2.64. The van der Waals surface area contributed by atoms with Crippen molar-refractivity contribution >= 4 is 17.5 Å². The number of amides is 1. The molecule has 3 nitrogen and oxygen atoms in total. The summed E-state index contributed by atoms with van der Waals surface area (Å²) in [6, 6.07) is 17.8. The van der Waals surface area contributed by atoms with Gasteiger partial charge in [-0.25, -0.2) is 0 Å². The summed E-state index contributed by atoms with van der Waals surface area (Å²) in [5, 5.41) is 0.663. The highest BCUT2D eigenvalue weighted by atomic mass is 35.5. The van der Waals surface area contributed by atoms with Gasteiger partial charge >= 0.3 is 0 Å². The van der Waals surface area contributed by atoms with Crippen molar-refractivity contribution in [3.05, 3.63) is 65.2 Å². The summed E-state index contributed by atoms with van der Waals surface area (Å²) in [6.45, 7) is 0. The summed E-state index contributed by atoms with van der Waals surface area (Å²) in [6.07, 6.45) is 5.44. The molecule has 4 rings (SSSR count). The van der Waals surface area contributed by atoms with Crippen LogP contribution in [0.2, 0.25) is 5.02 Å². The van der Waals surface area contributed by atoms with Gasteiger partial charge in [0.1, 0.15) is 11.8 Å². The van der Waals surface area contributed by atoms with E-state index in [1.165, 1.54) is 19.3 Å². The van der Waals surface area contributed by atoms with E-state index in [0.29, 0.717) is 16.8 Å². The SMILES string of the molecule is O=C1[C@@H](Oc2ccc(Cl)cc2)[C@@H](c2ccccc2)N1C1CCCCC1. The van der Waals surface area contributed by atoms with Gasteiger partial charge in [0.05, 0.1) is 0 Å². The normalized spacial score (nSPS) is 24.0. The Morgan fingerprint density at radius 2 is 1.60 bits per heavy atom. The second-order valence-electron chi connectivity index (χ2n) is 6.89. The standard InChI is InChI=1S/C21H22ClNO2/c22-16-11-13-18(14-12-16)25-20-19(15-7-3-1-4-8-15)23(21(20)24)17-9-5-2-6-10-17/h1,3-4,7-8,11-14,17,19-20H,2,5-6,9-10H2/t19-,20+/m1/s1. The molecule has 1 amide bonds. The van der Waals surface area contributed by atoms with Gasteiger partial charge in [0, 0.05) is 11.1 Å². The van der Waals surface area contributed by atoms with Crippen molar-refractivity contribution in [2.24, 2.45) is 0 Å². The van der Waals surface area contributed by atoms with Crippen molar-refractivity contribution in [3.63, 3.8) is 0 Å². The molecule has 4 heteroatoms. The summed E-state index contributed by atoms with van der Waals surface area (Å²) in [7, 11) is 0. The van der Waals surface area contributed by atoms with E-state index in [-0.39, 0.29) is 11.9 Å². The lowest BCUT2D eigenvalue weighted by molar-refractivity contribution is -0.170. The highest BCUT2D eigenvalue weighted by molar-refractivity contribution is 6.30. The maximum absolute atomic E-state index is 12.9. The third kappa shape index (κ3) is 3.25. The minimum absolute atomic E-state index is 0.00696. The fraction of sp³-hybridized carbons (Fsp3) is 0.381. The van der Waals surface area contributed by atoms with Crippen LogP contribution in [0.1, 0.15) is 43.7 Å². The largest absolute Gasteiger partial charge is 0.478 e. The number of hydrogen-bond donors (Lipinski definition) is 0. The van der Waals surface area contributed by atoms with Gasteiger partial charge in [0.25, 0.3) is 5.91 Å². The topological polar surface area (TPSA) is 29.5 Å². The Morgan fingerprint density at radius 3 is 2.28 bits per heavy atom. The first-order valence-electron chi connectivity index (χ1n) is 9.03. The van der Waals surface area contributed by atoms with E-state index >= 15 is 0 Å². The number of carbonyl (C=O) groups excluding carboxylic acids is 1. The van der Waals surface area contributed by atoms with Crippen molar-refractivity contribution in [2.75, 3.05) is 0 Å². The molecule has 130 valence electrons. The minimum atomic E-state index is -0.453. The van der Waals surface area contributed by atoms with Crippen LogP contribution in [0.4, 0.5) is 0 Å². The van der Waals surface area contributed by atoms with Crippen LogP contribution in [-0.2, 0) is 4.79 Å². The van der Waals surface area contributed by atoms with Gasteiger partial charge in [0.15, 0.2) is 0 Å². The molecule has 2 aliphatic rings. The van der Waals surface area contributed by atoms with E-state index in [4.69, 9.17) is 16.3 Å². The van der Waals surface area contributed by atoms with Crippen LogP contribution in [0.5, 0.6) is 5.75 Å². The lowest BCUT2D eigenvalue weighted by atomic mass is 9.84. The molecule has 1 saturated heterocycles. The summed E-state index contributed by atoms with van der Waals surface area (Å²) >= 11 is 5.94. The molecule has 0 aromatic heterocycles. The highest BCUT2D eigenvalue weighted by Gasteiger charge is 2.52. The number of carbonyl (C=O) groups is 1. The van der Waals surface area contributed by atoms with Crippen molar-refractivity contribution < 1.29 is 9.53 Å². The van der Waals surface area contributed by atoms with Crippen molar-refractivity contribution in [3.8, 4) is 5.75 Å². The number of β-lactam (4-membered cyclic amide) rings is 1. The molecule has 0 unspecified atom stereocenters. The third-order valence-electron chi connectivity index (χ3n) is 5.27. The fourth-order valence-electron chi connectivity index (χ4n) is 4.01. The van der Waals surface area contributed by atoms with E-state index in [9.17, 15) is 4.79 Å². The van der Waals surface area contributed by atoms with Gasteiger partial charge in [-0.1, -0.05) is 61.2 Å². The van der Waals surface area contributed by atoms with Crippen LogP contribution in [0, 0.1) is 0 Å². The Kier molecular flexibility index (Phi) is 4.67. The molecule has 2 aromatic rings. The van der Waals surface area contributed by atoms with Gasteiger partial charge in [-0.2, -0.15) is 0 Å². The van der Waals surface area contributed by atoms with E-state index in [0.717, 1.165) is 18.4 Å². The fourth-order valence-corrected chi connectivity index (χ4v) is 4.14. The molecule has 2 aromatic carbocycles. The average Bonchev–Trinajstić information content (AvgIpc) is 2.66. The van der Waals surface area contributed by atoms with Crippen LogP contribution in [-0.4, -0.2) is 23.0 Å². The Morgan fingerprint density at radius 1 is 0.920 bits per heavy atom. The molecule has 0 spiro atoms. The predicted molar refractivity (Wildman–Crippen MR) is 98.8 cm³/mol. The Labute approximate surface area is 153 Å². The number of halogens is 1. The molecule has 1 heterocycles. The number of benzene rings is 2. The second-order valence-corrected chi connectivity index (χ2v) is 7.32. The summed E-state index contributed by atoms with van der Waals surface area (Å²) in [4.78, 5) is 15.0. The zero-order valence-corrected chi connectivity index (χ0v) is 14.9. The molecule has 0 radical (unpaired) electrons. The molecule has 2 fully saturated rings. The number of rotatable bonds is 4. The number of likely N-dealkylation sites (tertiary alicyclic amines) is 1. The van der Waals surface area contributed by atoms with E-state index < -0.39 is 6.10 Å². The first-order valence-corrected chi connectivity index (χ1v) is 9.41. The highest BCUT2D eigenvalue weighted by Crippen LogP contribution is 2.42. The Bertz CT molecular complexity index is 725. The van der Waals surface area contributed by atoms with E-state index in [1.54, 1.807) is 12.1 Å². The van der Waals surface area contributed by atoms with Crippen LogP contribution in [0.3, 0.4) is 0 Å². The Hall–Kier alpha value is -2.00. The van der Waals surface area contributed by atoms with Gasteiger partial charge < -0.3 is 9.64 Å². The van der Waals surface area contributed by atoms with Crippen LogP contribution in [0.25, 0.3) is 0 Å². The lowest BCUT2D eigenvalue weighted by Gasteiger charge is -2.51. The molecule has 0 N–H and O–H groups in total. The van der Waals surface area contributed by atoms with Crippen LogP contribution in [0.15, 0.2) is 54.6 Å². The maximum Gasteiger partial charge on any atom is 0.267 e. The molecular formula is C21H22ClNO2. The predicted octanol–water partition coefficient (Wildman–Crippen LogP) is 5.00. The van der Waals surface area contributed by atoms with E-state index in [1.807, 2.05) is 30.3 Å². The molecule has 25 heavy (non-hydrogen) atoms. The minimum Gasteiger partial charge on any atom is -0.478 e. The average molecular weight is 356 g/mol. The molecule has 1 saturated carbocycles. The van der Waals surface area contributed by atoms with Crippen LogP contribution < -0.4 is 4.74 Å². The smallest absolute Gasteiger partial charge is 0.267 e. The van der Waals surface area contributed by atoms with Crippen molar-refractivity contribution in [1.29, 1.82) is 0 Å². The van der Waals surface area contributed by atoms with Gasteiger partial charge in [-0.3, -0.25) is 4.79 Å². The number of nitrogens with zero attached hydrogens (tertiary/aromatic N) is 1. The quantitative estimate of drug-likeness (QED) is 0.722. The van der Waals surface area contributed by atoms with Gasteiger partial charge in [-0.05, 0) is 42.7 Å². The van der Waals surface area contributed by atoms with E-state index in [2.05, 4.69) is 17.0 Å². The first kappa shape index (κ1) is 16.5. The molecule has 0 bridgehead atoms. The summed E-state index contributed by atoms with van der Waals surface area (Å²) in [5.74, 6) is 0.794. The molecular weight excluding hydrogens is 334 g/mol. The number of hydrogen-bond acceptors (Lipinski definition) is 2. The zero-order valence-electron chi connectivity index (χ0n) is 14.1. The van der Waals surface area contributed by atoms with Crippen LogP contribution >= 0.6 is 11.6 Å². The van der Waals surface area contributed by atoms with Crippen molar-refractivity contribution in [1.82, 2.24) is 4.90 Å². The van der Waals surface area contributed by atoms with Crippen molar-refractivity contribution in [2.45, 2.75) is 50.3 Å². The summed E-state index contributed by atoms with van der Waals surface area (Å²) in [5.41, 5.74) is 1.15. The molecule has 1 aliphatic heterocycles. The monoisotopic (exact) mass is 355 g/mol. The molecule has 2 atom stereocenters. The summed E-state index contributed by atoms with van der Waals surface area (Å²) < 4.78 is 6.06. The first-order chi connectivity index (χ1) is 12.2. The maximum atomic E-state index is 12.9. The van der Waals surface area contributed by atoms with Gasteiger partial charge in [0.2, 0.25) is 6.10 Å².